The van der Waals surface area contributed by atoms with Crippen molar-refractivity contribution >= 4 is 0 Å². The molecule has 0 radical (unpaired) electrons. The highest BCUT2D eigenvalue weighted by molar-refractivity contribution is 5.18. The number of aromatic nitrogens is 1. The zero-order chi connectivity index (χ0) is 15.4. The average Bonchev–Trinajstić information content (AvgIpc) is 2.47. The number of hydrogen-bond donors (Lipinski definition) is 1. The molecule has 0 aromatic carbocycles. The summed E-state index contributed by atoms with van der Waals surface area (Å²) in [6, 6.07) is 5.23. The monoisotopic (exact) mass is 291 g/mol. The van der Waals surface area contributed by atoms with Crippen LogP contribution < -0.4 is 10.1 Å². The Morgan fingerprint density at radius 2 is 2.05 bits per heavy atom. The number of piperazine rings is 1. The second kappa shape index (κ2) is 7.23. The predicted octanol–water partition coefficient (Wildman–Crippen LogP) is 2.54. The van der Waals surface area contributed by atoms with Crippen molar-refractivity contribution in [1.29, 1.82) is 0 Å². The molecule has 0 saturated carbocycles. The quantitative estimate of drug-likeness (QED) is 0.904. The summed E-state index contributed by atoms with van der Waals surface area (Å²) in [6.45, 7) is 12.3. The van der Waals surface area contributed by atoms with Crippen LogP contribution in [0.25, 0.3) is 0 Å². The molecule has 0 spiro atoms. The Balaban J connectivity index is 2.07. The topological polar surface area (TPSA) is 37.4 Å². The van der Waals surface area contributed by atoms with Crippen molar-refractivity contribution in [3.8, 4) is 5.88 Å². The molecule has 1 aliphatic heterocycles. The van der Waals surface area contributed by atoms with E-state index in [-0.39, 0.29) is 0 Å². The first kappa shape index (κ1) is 16.2. The van der Waals surface area contributed by atoms with Crippen LogP contribution in [0.3, 0.4) is 0 Å². The van der Waals surface area contributed by atoms with E-state index in [0.29, 0.717) is 29.8 Å². The molecule has 2 atom stereocenters. The van der Waals surface area contributed by atoms with Crippen LogP contribution in [0.2, 0.25) is 0 Å². The number of ether oxygens (including phenoxy) is 1. The minimum atomic E-state index is 0.575. The van der Waals surface area contributed by atoms with Crippen molar-refractivity contribution < 1.29 is 4.74 Å². The van der Waals surface area contributed by atoms with Gasteiger partial charge in [0.25, 0.3) is 0 Å². The van der Waals surface area contributed by atoms with Gasteiger partial charge in [0.05, 0.1) is 7.11 Å². The van der Waals surface area contributed by atoms with Crippen molar-refractivity contribution in [3.05, 3.63) is 23.9 Å². The van der Waals surface area contributed by atoms with E-state index in [1.807, 2.05) is 12.3 Å². The molecule has 1 saturated heterocycles. The van der Waals surface area contributed by atoms with E-state index in [1.54, 1.807) is 7.11 Å². The summed E-state index contributed by atoms with van der Waals surface area (Å²) in [6.07, 6.45) is 1.93. The molecule has 21 heavy (non-hydrogen) atoms. The van der Waals surface area contributed by atoms with Crippen LogP contribution in [0.15, 0.2) is 18.3 Å². The maximum Gasteiger partial charge on any atom is 0.212 e. The molecule has 1 aliphatic rings. The third-order valence-corrected chi connectivity index (χ3v) is 4.46. The molecule has 1 N–H and O–H groups in total. The normalized spacial score (nSPS) is 23.8. The van der Waals surface area contributed by atoms with Gasteiger partial charge in [-0.1, -0.05) is 33.8 Å². The third-order valence-electron chi connectivity index (χ3n) is 4.46. The van der Waals surface area contributed by atoms with Crippen LogP contribution >= 0.6 is 0 Å². The fraction of sp³-hybridized carbons (Fsp3) is 0.706. The maximum absolute atomic E-state index is 5.13. The van der Waals surface area contributed by atoms with E-state index >= 15 is 0 Å². The Hall–Kier alpha value is -1.13. The molecular weight excluding hydrogens is 262 g/mol. The van der Waals surface area contributed by atoms with Gasteiger partial charge >= 0.3 is 0 Å². The molecule has 0 aliphatic carbocycles. The van der Waals surface area contributed by atoms with Crippen LogP contribution in [0.4, 0.5) is 0 Å². The summed E-state index contributed by atoms with van der Waals surface area (Å²) >= 11 is 0. The number of nitrogens with one attached hydrogen (secondary N) is 1. The van der Waals surface area contributed by atoms with Crippen LogP contribution in [-0.2, 0) is 6.54 Å². The van der Waals surface area contributed by atoms with Crippen molar-refractivity contribution in [2.75, 3.05) is 20.2 Å². The average molecular weight is 291 g/mol. The van der Waals surface area contributed by atoms with Crippen LogP contribution in [0, 0.1) is 11.8 Å². The first-order chi connectivity index (χ1) is 10.0. The van der Waals surface area contributed by atoms with Gasteiger partial charge in [-0.05, 0) is 17.4 Å². The molecule has 4 heteroatoms. The van der Waals surface area contributed by atoms with E-state index in [4.69, 9.17) is 4.74 Å². The van der Waals surface area contributed by atoms with Gasteiger partial charge in [-0.2, -0.15) is 0 Å². The number of pyridine rings is 1. The van der Waals surface area contributed by atoms with Crippen LogP contribution in [0.1, 0.15) is 33.3 Å². The summed E-state index contributed by atoms with van der Waals surface area (Å²) in [5.41, 5.74) is 1.26. The Kier molecular flexibility index (Phi) is 5.59. The lowest BCUT2D eigenvalue weighted by molar-refractivity contribution is 0.0782. The highest BCUT2D eigenvalue weighted by atomic mass is 16.5. The van der Waals surface area contributed by atoms with Gasteiger partial charge in [-0.3, -0.25) is 4.90 Å². The molecule has 2 rings (SSSR count). The minimum Gasteiger partial charge on any atom is -0.481 e. The standard InChI is InChI=1S/C17H29N3O/c1-12(2)15-11-20(16(9-18-15)13(3)4)10-14-6-7-17(21-5)19-8-14/h6-8,12-13,15-16,18H,9-11H2,1-5H3. The van der Waals surface area contributed by atoms with E-state index in [1.165, 1.54) is 5.56 Å². The molecule has 0 amide bonds. The largest absolute Gasteiger partial charge is 0.481 e. The summed E-state index contributed by atoms with van der Waals surface area (Å²) < 4.78 is 5.13. The van der Waals surface area contributed by atoms with E-state index in [2.05, 4.69) is 49.0 Å². The Labute approximate surface area is 128 Å². The third kappa shape index (κ3) is 4.17. The van der Waals surface area contributed by atoms with E-state index in [0.717, 1.165) is 19.6 Å². The van der Waals surface area contributed by atoms with Gasteiger partial charge in [-0.15, -0.1) is 0 Å². The van der Waals surface area contributed by atoms with Crippen molar-refractivity contribution in [1.82, 2.24) is 15.2 Å². The van der Waals surface area contributed by atoms with Gasteiger partial charge in [0, 0.05) is 44.0 Å². The van der Waals surface area contributed by atoms with Gasteiger partial charge in [0.2, 0.25) is 5.88 Å². The summed E-state index contributed by atoms with van der Waals surface area (Å²) in [5, 5.41) is 3.71. The van der Waals surface area contributed by atoms with Crippen LogP contribution in [0.5, 0.6) is 5.88 Å². The Morgan fingerprint density at radius 3 is 2.57 bits per heavy atom. The Morgan fingerprint density at radius 1 is 1.29 bits per heavy atom. The Bertz CT molecular complexity index is 430. The molecule has 0 bridgehead atoms. The second-order valence-corrected chi connectivity index (χ2v) is 6.71. The minimum absolute atomic E-state index is 0.575. The molecule has 1 fully saturated rings. The molecule has 2 unspecified atom stereocenters. The highest BCUT2D eigenvalue weighted by Crippen LogP contribution is 2.21. The van der Waals surface area contributed by atoms with Crippen molar-refractivity contribution in [3.63, 3.8) is 0 Å². The second-order valence-electron chi connectivity index (χ2n) is 6.71. The van der Waals surface area contributed by atoms with Gasteiger partial charge < -0.3 is 10.1 Å². The number of rotatable bonds is 5. The first-order valence-corrected chi connectivity index (χ1v) is 7.97. The molecule has 2 heterocycles. The van der Waals surface area contributed by atoms with Gasteiger partial charge in [-0.25, -0.2) is 4.98 Å². The summed E-state index contributed by atoms with van der Waals surface area (Å²) in [7, 11) is 1.65. The highest BCUT2D eigenvalue weighted by Gasteiger charge is 2.30. The van der Waals surface area contributed by atoms with Crippen molar-refractivity contribution in [2.24, 2.45) is 11.8 Å². The van der Waals surface area contributed by atoms with E-state index in [9.17, 15) is 0 Å². The summed E-state index contributed by atoms with van der Waals surface area (Å²) in [5.74, 6) is 1.99. The summed E-state index contributed by atoms with van der Waals surface area (Å²) in [4.78, 5) is 6.93. The molecule has 118 valence electrons. The predicted molar refractivity (Wildman–Crippen MR) is 86.5 cm³/mol. The molecule has 4 nitrogen and oxygen atoms in total. The maximum atomic E-state index is 5.13. The molecule has 1 aromatic heterocycles. The fourth-order valence-corrected chi connectivity index (χ4v) is 3.00. The number of nitrogens with zero attached hydrogens (tertiary/aromatic N) is 2. The zero-order valence-electron chi connectivity index (χ0n) is 14.0. The van der Waals surface area contributed by atoms with Gasteiger partial charge in [0.1, 0.15) is 0 Å². The molecular formula is C17H29N3O. The lowest BCUT2D eigenvalue weighted by Crippen LogP contribution is -2.59. The lowest BCUT2D eigenvalue weighted by atomic mass is 9.94. The molecule has 1 aromatic rings. The number of methoxy groups -OCH3 is 1. The smallest absolute Gasteiger partial charge is 0.212 e. The lowest BCUT2D eigenvalue weighted by Gasteiger charge is -2.43. The van der Waals surface area contributed by atoms with Gasteiger partial charge in [0.15, 0.2) is 0 Å². The fourth-order valence-electron chi connectivity index (χ4n) is 3.00. The van der Waals surface area contributed by atoms with Crippen molar-refractivity contribution in [2.45, 2.75) is 46.3 Å². The zero-order valence-corrected chi connectivity index (χ0v) is 14.0. The first-order valence-electron chi connectivity index (χ1n) is 7.97. The van der Waals surface area contributed by atoms with E-state index < -0.39 is 0 Å². The number of hydrogen-bond acceptors (Lipinski definition) is 4. The SMILES string of the molecule is COc1ccc(CN2CC(C(C)C)NCC2C(C)C)cn1. The van der Waals surface area contributed by atoms with Crippen LogP contribution in [-0.4, -0.2) is 42.2 Å².